The third-order valence-electron chi connectivity index (χ3n) is 2.34. The molecule has 4 nitrogen and oxygen atoms in total. The van der Waals surface area contributed by atoms with Gasteiger partial charge < -0.3 is 4.98 Å². The highest BCUT2D eigenvalue weighted by Gasteiger charge is 2.06. The van der Waals surface area contributed by atoms with Crippen molar-refractivity contribution in [1.82, 2.24) is 9.38 Å². The van der Waals surface area contributed by atoms with Gasteiger partial charge in [-0.05, 0) is 6.07 Å². The van der Waals surface area contributed by atoms with Gasteiger partial charge in [0.25, 0.3) is 0 Å². The summed E-state index contributed by atoms with van der Waals surface area (Å²) in [5, 5.41) is 2.59. The maximum Gasteiger partial charge on any atom is 0.334 e. The molecule has 0 radical (unpaired) electrons. The third-order valence-corrected chi connectivity index (χ3v) is 3.07. The summed E-state index contributed by atoms with van der Waals surface area (Å²) in [5.41, 5.74) is 1.04. The predicted octanol–water partition coefficient (Wildman–Crippen LogP) is 1.20. The Morgan fingerprint density at radius 1 is 1.20 bits per heavy atom. The molecule has 2 aromatic heterocycles. The number of hydrogen-bond donors (Lipinski definition) is 1. The Balaban J connectivity index is 2.78. The number of thiazole rings is 1. The van der Waals surface area contributed by atoms with Gasteiger partial charge in [-0.15, -0.1) is 0 Å². The normalized spacial score (nSPS) is 11.2. The van der Waals surface area contributed by atoms with Gasteiger partial charge >= 0.3 is 10.6 Å². The zero-order valence-corrected chi connectivity index (χ0v) is 8.38. The van der Waals surface area contributed by atoms with Crippen LogP contribution in [-0.2, 0) is 0 Å². The van der Waals surface area contributed by atoms with Crippen molar-refractivity contribution in [1.29, 1.82) is 0 Å². The van der Waals surface area contributed by atoms with E-state index in [4.69, 9.17) is 0 Å². The highest BCUT2D eigenvalue weighted by atomic mass is 32.1. The fourth-order valence-electron chi connectivity index (χ4n) is 1.67. The van der Waals surface area contributed by atoms with Crippen molar-refractivity contribution in [3.8, 4) is 0 Å². The fraction of sp³-hybridized carbons (Fsp3) is 0. The lowest BCUT2D eigenvalue weighted by molar-refractivity contribution is 1.01. The number of aromatic nitrogens is 2. The maximum atomic E-state index is 11.6. The highest BCUT2D eigenvalue weighted by molar-refractivity contribution is 7.07. The lowest BCUT2D eigenvalue weighted by Gasteiger charge is -1.98. The largest absolute Gasteiger partial charge is 0.334 e. The molecule has 1 N–H and O–H groups in total. The van der Waals surface area contributed by atoms with E-state index in [-0.39, 0.29) is 10.6 Å². The summed E-state index contributed by atoms with van der Waals surface area (Å²) < 4.78 is 1.16. The molecule has 0 aliphatic heterocycles. The van der Waals surface area contributed by atoms with Gasteiger partial charge in [-0.2, -0.15) is 0 Å². The van der Waals surface area contributed by atoms with Crippen LogP contribution in [0.15, 0.2) is 39.2 Å². The number of nitrogens with one attached hydrogen (secondary N) is 1. The van der Waals surface area contributed by atoms with E-state index in [1.165, 1.54) is 0 Å². The monoisotopic (exact) mass is 218 g/mol. The Morgan fingerprint density at radius 3 is 2.87 bits per heavy atom. The van der Waals surface area contributed by atoms with Crippen LogP contribution in [-0.4, -0.2) is 9.38 Å². The molecule has 74 valence electrons. The minimum Gasteiger partial charge on any atom is -0.306 e. The molecule has 0 amide bonds. The summed E-state index contributed by atoms with van der Waals surface area (Å²) in [4.78, 5) is 25.4. The number of rotatable bonds is 0. The van der Waals surface area contributed by atoms with Crippen LogP contribution in [0.1, 0.15) is 0 Å². The Labute approximate surface area is 87.4 Å². The molecule has 0 unspecified atom stereocenters. The first-order valence-corrected chi connectivity index (χ1v) is 5.26. The van der Waals surface area contributed by atoms with E-state index in [1.807, 2.05) is 24.3 Å². The van der Waals surface area contributed by atoms with E-state index in [1.54, 1.807) is 5.38 Å². The summed E-state index contributed by atoms with van der Waals surface area (Å²) in [5.74, 6) is 0. The second kappa shape index (κ2) is 2.80. The number of aromatic amines is 1. The van der Waals surface area contributed by atoms with Crippen LogP contribution in [0.25, 0.3) is 16.4 Å². The van der Waals surface area contributed by atoms with Crippen LogP contribution >= 0.6 is 11.3 Å². The first-order chi connectivity index (χ1) is 7.27. The summed E-state index contributed by atoms with van der Waals surface area (Å²) in [7, 11) is 0. The topological polar surface area (TPSA) is 54.3 Å². The molecule has 3 rings (SSSR count). The van der Waals surface area contributed by atoms with Gasteiger partial charge in [0.1, 0.15) is 0 Å². The number of benzene rings is 1. The third kappa shape index (κ3) is 1.07. The molecule has 0 spiro atoms. The number of hydrogen-bond acceptors (Lipinski definition) is 3. The molecule has 0 saturated heterocycles. The van der Waals surface area contributed by atoms with Crippen molar-refractivity contribution < 1.29 is 0 Å². The predicted molar refractivity (Wildman–Crippen MR) is 59.7 cm³/mol. The summed E-state index contributed by atoms with van der Waals surface area (Å²) in [6.45, 7) is 0. The van der Waals surface area contributed by atoms with E-state index in [0.29, 0.717) is 5.52 Å². The van der Waals surface area contributed by atoms with E-state index < -0.39 is 0 Å². The average molecular weight is 218 g/mol. The van der Waals surface area contributed by atoms with Crippen molar-refractivity contribution in [2.24, 2.45) is 0 Å². The SMILES string of the molecule is O=c1[nH]c2ccccc2c2csc(=O)n12. The van der Waals surface area contributed by atoms with E-state index in [9.17, 15) is 9.59 Å². The van der Waals surface area contributed by atoms with Gasteiger partial charge in [0.15, 0.2) is 0 Å². The highest BCUT2D eigenvalue weighted by Crippen LogP contribution is 2.15. The van der Waals surface area contributed by atoms with Crippen LogP contribution in [0, 0.1) is 0 Å². The molecule has 0 aliphatic rings. The number of para-hydroxylation sites is 1. The van der Waals surface area contributed by atoms with Gasteiger partial charge in [0.2, 0.25) is 0 Å². The van der Waals surface area contributed by atoms with E-state index in [0.717, 1.165) is 26.6 Å². The molecule has 0 fully saturated rings. The van der Waals surface area contributed by atoms with Crippen molar-refractivity contribution in [2.75, 3.05) is 0 Å². The summed E-state index contributed by atoms with van der Waals surface area (Å²) in [6, 6.07) is 7.42. The lowest BCUT2D eigenvalue weighted by Crippen LogP contribution is -2.23. The molecule has 0 bridgehead atoms. The van der Waals surface area contributed by atoms with Gasteiger partial charge in [0, 0.05) is 10.8 Å². The number of nitrogens with zero attached hydrogens (tertiary/aromatic N) is 1. The van der Waals surface area contributed by atoms with Crippen LogP contribution < -0.4 is 10.6 Å². The van der Waals surface area contributed by atoms with Gasteiger partial charge in [-0.1, -0.05) is 29.5 Å². The summed E-state index contributed by atoms with van der Waals surface area (Å²) >= 11 is 1.03. The minimum atomic E-state index is -0.380. The fourth-order valence-corrected chi connectivity index (χ4v) is 2.40. The van der Waals surface area contributed by atoms with Crippen LogP contribution in [0.2, 0.25) is 0 Å². The van der Waals surface area contributed by atoms with E-state index in [2.05, 4.69) is 4.98 Å². The van der Waals surface area contributed by atoms with Crippen molar-refractivity contribution in [3.05, 3.63) is 49.8 Å². The Morgan fingerprint density at radius 2 is 2.00 bits per heavy atom. The standard InChI is InChI=1S/C10H6N2O2S/c13-9-11-7-4-2-1-3-6(7)8-5-15-10(14)12(8)9/h1-5H,(H,11,13). The zero-order chi connectivity index (χ0) is 10.4. The lowest BCUT2D eigenvalue weighted by atomic mass is 10.2. The zero-order valence-electron chi connectivity index (χ0n) is 7.56. The number of fused-ring (bicyclic) bond motifs is 3. The van der Waals surface area contributed by atoms with Gasteiger partial charge in [-0.3, -0.25) is 4.79 Å². The average Bonchev–Trinajstić information content (AvgIpc) is 2.62. The Hall–Kier alpha value is -1.88. The molecule has 0 atom stereocenters. The molecule has 0 aliphatic carbocycles. The second-order valence-electron chi connectivity index (χ2n) is 3.20. The molecule has 15 heavy (non-hydrogen) atoms. The number of H-pyrrole nitrogens is 1. The van der Waals surface area contributed by atoms with Crippen LogP contribution in [0.5, 0.6) is 0 Å². The first-order valence-electron chi connectivity index (χ1n) is 4.38. The summed E-state index contributed by atoms with van der Waals surface area (Å²) in [6.07, 6.45) is 0. The Bertz CT molecular complexity index is 766. The smallest absolute Gasteiger partial charge is 0.306 e. The first kappa shape index (κ1) is 8.43. The Kier molecular flexibility index (Phi) is 1.58. The molecule has 2 heterocycles. The second-order valence-corrected chi connectivity index (χ2v) is 4.02. The maximum absolute atomic E-state index is 11.6. The molecule has 1 aromatic carbocycles. The van der Waals surface area contributed by atoms with Crippen LogP contribution in [0.4, 0.5) is 0 Å². The van der Waals surface area contributed by atoms with Crippen molar-refractivity contribution in [3.63, 3.8) is 0 Å². The van der Waals surface area contributed by atoms with E-state index >= 15 is 0 Å². The molecular weight excluding hydrogens is 212 g/mol. The molecule has 0 saturated carbocycles. The van der Waals surface area contributed by atoms with Crippen molar-refractivity contribution in [2.45, 2.75) is 0 Å². The molecular formula is C10H6N2O2S. The van der Waals surface area contributed by atoms with Crippen LogP contribution in [0.3, 0.4) is 0 Å². The molecule has 5 heteroatoms. The molecule has 3 aromatic rings. The minimum absolute atomic E-state index is 0.253. The quantitative estimate of drug-likeness (QED) is 0.616. The van der Waals surface area contributed by atoms with Gasteiger partial charge in [0.05, 0.1) is 11.0 Å². The van der Waals surface area contributed by atoms with Gasteiger partial charge in [-0.25, -0.2) is 9.20 Å². The van der Waals surface area contributed by atoms with Crippen molar-refractivity contribution >= 4 is 27.8 Å².